The van der Waals surface area contributed by atoms with Gasteiger partial charge in [0.15, 0.2) is 0 Å². The summed E-state index contributed by atoms with van der Waals surface area (Å²) in [5.41, 5.74) is 7.36. The summed E-state index contributed by atoms with van der Waals surface area (Å²) in [6, 6.07) is 4.76. The van der Waals surface area contributed by atoms with E-state index in [1.807, 2.05) is 6.08 Å². The molecule has 0 bridgehead atoms. The molecule has 0 nitrogen and oxygen atoms in total. The van der Waals surface area contributed by atoms with E-state index in [1.165, 1.54) is 61.6 Å². The molecule has 0 amide bonds. The summed E-state index contributed by atoms with van der Waals surface area (Å²) in [6.45, 7) is 10.8. The van der Waals surface area contributed by atoms with Crippen molar-refractivity contribution in [3.05, 3.63) is 64.8 Å². The van der Waals surface area contributed by atoms with E-state index in [0.29, 0.717) is 5.92 Å². The Hall–Kier alpha value is -1.56. The van der Waals surface area contributed by atoms with Crippen molar-refractivity contribution in [1.82, 2.24) is 0 Å². The van der Waals surface area contributed by atoms with Crippen molar-refractivity contribution < 1.29 is 0 Å². The molecule has 0 aliphatic heterocycles. The fourth-order valence-corrected chi connectivity index (χ4v) is 3.92. The molecule has 130 valence electrons. The molecule has 1 unspecified atom stereocenters. The third-order valence-corrected chi connectivity index (χ3v) is 5.09. The highest BCUT2D eigenvalue weighted by atomic mass is 14.2. The first kappa shape index (κ1) is 18.8. The molecule has 0 radical (unpaired) electrons. The summed E-state index contributed by atoms with van der Waals surface area (Å²) >= 11 is 0. The van der Waals surface area contributed by atoms with Crippen molar-refractivity contribution in [3.8, 4) is 0 Å². The van der Waals surface area contributed by atoms with E-state index in [-0.39, 0.29) is 0 Å². The molecule has 1 aliphatic carbocycles. The highest BCUT2D eigenvalue weighted by Crippen LogP contribution is 2.35. The van der Waals surface area contributed by atoms with Crippen molar-refractivity contribution in [2.45, 2.75) is 78.1 Å². The lowest BCUT2D eigenvalue weighted by atomic mass is 9.80. The van der Waals surface area contributed by atoms with Crippen LogP contribution in [0.1, 0.15) is 87.0 Å². The summed E-state index contributed by atoms with van der Waals surface area (Å²) in [6.07, 6.45) is 19.1. The van der Waals surface area contributed by atoms with Crippen molar-refractivity contribution in [2.75, 3.05) is 0 Å². The van der Waals surface area contributed by atoms with E-state index >= 15 is 0 Å². The molecule has 24 heavy (non-hydrogen) atoms. The molecule has 0 N–H and O–H groups in total. The summed E-state index contributed by atoms with van der Waals surface area (Å²) in [7, 11) is 0. The van der Waals surface area contributed by atoms with E-state index in [9.17, 15) is 0 Å². The molecule has 1 aromatic rings. The second-order valence-corrected chi connectivity index (χ2v) is 7.31. The van der Waals surface area contributed by atoms with Gasteiger partial charge in [-0.25, -0.2) is 0 Å². The predicted octanol–water partition coefficient (Wildman–Crippen LogP) is 7.53. The zero-order valence-corrected chi connectivity index (χ0v) is 15.9. The maximum absolute atomic E-state index is 3.98. The monoisotopic (exact) mass is 322 g/mol. The van der Waals surface area contributed by atoms with Gasteiger partial charge in [-0.15, -0.1) is 6.58 Å². The van der Waals surface area contributed by atoms with Crippen LogP contribution in [-0.4, -0.2) is 0 Å². The van der Waals surface area contributed by atoms with Gasteiger partial charge in [0.1, 0.15) is 0 Å². The average Bonchev–Trinajstić information content (AvgIpc) is 2.55. The summed E-state index contributed by atoms with van der Waals surface area (Å²) < 4.78 is 0. The number of benzene rings is 1. The SMILES string of the molecule is C=CCc1cc(/C=C/CCCCC)cc(C)c1C1C=C(C)CCC1. The number of hydrogen-bond donors (Lipinski definition) is 0. The normalized spacial score (nSPS) is 18.0. The Morgan fingerprint density at radius 1 is 1.21 bits per heavy atom. The molecule has 1 aromatic carbocycles. The minimum Gasteiger partial charge on any atom is -0.103 e. The first-order valence-corrected chi connectivity index (χ1v) is 9.73. The van der Waals surface area contributed by atoms with Crippen molar-refractivity contribution in [2.24, 2.45) is 0 Å². The van der Waals surface area contributed by atoms with E-state index in [2.05, 4.69) is 57.7 Å². The van der Waals surface area contributed by atoms with Gasteiger partial charge in [-0.1, -0.05) is 61.8 Å². The maximum atomic E-state index is 3.98. The molecular formula is C24H34. The van der Waals surface area contributed by atoms with E-state index in [0.717, 1.165) is 6.42 Å². The Balaban J connectivity index is 2.25. The lowest BCUT2D eigenvalue weighted by Gasteiger charge is -2.24. The molecule has 1 atom stereocenters. The van der Waals surface area contributed by atoms with Crippen LogP contribution in [0, 0.1) is 6.92 Å². The van der Waals surface area contributed by atoms with Crippen LogP contribution in [0.5, 0.6) is 0 Å². The van der Waals surface area contributed by atoms with Gasteiger partial charge in [-0.3, -0.25) is 0 Å². The summed E-state index contributed by atoms with van der Waals surface area (Å²) in [5, 5.41) is 0. The highest BCUT2D eigenvalue weighted by molar-refractivity contribution is 5.56. The van der Waals surface area contributed by atoms with Crippen LogP contribution in [0.4, 0.5) is 0 Å². The molecule has 0 spiro atoms. The molecule has 0 aromatic heterocycles. The Kier molecular flexibility index (Phi) is 7.56. The first-order chi connectivity index (χ1) is 11.7. The molecule has 1 aliphatic rings. The van der Waals surface area contributed by atoms with Crippen LogP contribution in [0.3, 0.4) is 0 Å². The van der Waals surface area contributed by atoms with Gasteiger partial charge in [0.2, 0.25) is 0 Å². The van der Waals surface area contributed by atoms with E-state index < -0.39 is 0 Å². The lowest BCUT2D eigenvalue weighted by Crippen LogP contribution is -2.08. The number of hydrogen-bond acceptors (Lipinski definition) is 0. The summed E-state index contributed by atoms with van der Waals surface area (Å²) in [5.74, 6) is 0.594. The van der Waals surface area contributed by atoms with Crippen LogP contribution in [0.15, 0.2) is 42.5 Å². The van der Waals surface area contributed by atoms with Crippen LogP contribution in [0.25, 0.3) is 6.08 Å². The zero-order valence-electron chi connectivity index (χ0n) is 15.9. The Morgan fingerprint density at radius 3 is 2.75 bits per heavy atom. The number of rotatable bonds is 8. The fourth-order valence-electron chi connectivity index (χ4n) is 3.92. The number of aryl methyl sites for hydroxylation is 1. The average molecular weight is 323 g/mol. The predicted molar refractivity (Wildman–Crippen MR) is 109 cm³/mol. The second kappa shape index (κ2) is 9.67. The molecule has 0 saturated carbocycles. The van der Waals surface area contributed by atoms with Gasteiger partial charge in [0.05, 0.1) is 0 Å². The highest BCUT2D eigenvalue weighted by Gasteiger charge is 2.18. The van der Waals surface area contributed by atoms with E-state index in [1.54, 1.807) is 11.1 Å². The topological polar surface area (TPSA) is 0 Å². The van der Waals surface area contributed by atoms with Crippen LogP contribution >= 0.6 is 0 Å². The minimum atomic E-state index is 0.594. The van der Waals surface area contributed by atoms with Crippen LogP contribution in [-0.2, 0) is 6.42 Å². The van der Waals surface area contributed by atoms with Gasteiger partial charge >= 0.3 is 0 Å². The molecular weight excluding hydrogens is 288 g/mol. The largest absolute Gasteiger partial charge is 0.103 e. The molecule has 0 fully saturated rings. The quantitative estimate of drug-likeness (QED) is 0.343. The lowest BCUT2D eigenvalue weighted by molar-refractivity contribution is 0.628. The Morgan fingerprint density at radius 2 is 2.04 bits per heavy atom. The minimum absolute atomic E-state index is 0.594. The van der Waals surface area contributed by atoms with Gasteiger partial charge in [0.25, 0.3) is 0 Å². The molecule has 0 heteroatoms. The van der Waals surface area contributed by atoms with Crippen LogP contribution in [0.2, 0.25) is 0 Å². The van der Waals surface area contributed by atoms with Crippen LogP contribution < -0.4 is 0 Å². The Labute approximate surface area is 149 Å². The standard InChI is InChI=1S/C24H34/c1-5-7-8-9-10-14-21-17-20(4)24(22(18-21)12-6-2)23-15-11-13-19(3)16-23/h6,10,14,16-18,23H,2,5,7-9,11-13,15H2,1,3-4H3/b14-10+. The van der Waals surface area contributed by atoms with Gasteiger partial charge < -0.3 is 0 Å². The third kappa shape index (κ3) is 5.23. The van der Waals surface area contributed by atoms with E-state index in [4.69, 9.17) is 0 Å². The smallest absolute Gasteiger partial charge is 0.00261 e. The third-order valence-electron chi connectivity index (χ3n) is 5.09. The Bertz CT molecular complexity index is 601. The molecule has 0 saturated heterocycles. The molecule has 2 rings (SSSR count). The first-order valence-electron chi connectivity index (χ1n) is 9.73. The number of allylic oxidation sites excluding steroid dienone is 4. The van der Waals surface area contributed by atoms with Crippen molar-refractivity contribution in [1.29, 1.82) is 0 Å². The second-order valence-electron chi connectivity index (χ2n) is 7.31. The number of unbranched alkanes of at least 4 members (excludes halogenated alkanes) is 3. The van der Waals surface area contributed by atoms with Crippen molar-refractivity contribution >= 4 is 6.08 Å². The summed E-state index contributed by atoms with van der Waals surface area (Å²) in [4.78, 5) is 0. The van der Waals surface area contributed by atoms with Crippen molar-refractivity contribution in [3.63, 3.8) is 0 Å². The van der Waals surface area contributed by atoms with Gasteiger partial charge in [-0.05, 0) is 74.6 Å². The van der Waals surface area contributed by atoms with Gasteiger partial charge in [0, 0.05) is 5.92 Å². The van der Waals surface area contributed by atoms with Gasteiger partial charge in [-0.2, -0.15) is 0 Å². The molecule has 0 heterocycles. The fraction of sp³-hybridized carbons (Fsp3) is 0.500. The maximum Gasteiger partial charge on any atom is 0.00261 e. The zero-order chi connectivity index (χ0) is 17.4.